The summed E-state index contributed by atoms with van der Waals surface area (Å²) in [6.45, 7) is 0. The number of fused-ring (bicyclic) bond motifs is 1. The Hall–Kier alpha value is -2.17. The fourth-order valence-corrected chi connectivity index (χ4v) is 1.23. The number of H-pyrrole nitrogens is 1. The van der Waals surface area contributed by atoms with Gasteiger partial charge >= 0.3 is 0 Å². The summed E-state index contributed by atoms with van der Waals surface area (Å²) >= 11 is 0. The number of aromatic hydroxyl groups is 1. The number of aromatic nitrogens is 2. The number of nitrogens with one attached hydrogen (secondary N) is 1. The van der Waals surface area contributed by atoms with E-state index in [2.05, 4.69) is 9.97 Å². The van der Waals surface area contributed by atoms with E-state index in [9.17, 15) is 14.7 Å². The number of hydrogen-bond acceptors (Lipinski definition) is 4. The lowest BCUT2D eigenvalue weighted by Crippen LogP contribution is -2.12. The predicted octanol–water partition coefficient (Wildman–Crippen LogP) is 0.441. The summed E-state index contributed by atoms with van der Waals surface area (Å²) in [6, 6.07) is 3.22. The minimum absolute atomic E-state index is 0.217. The fraction of sp³-hybridized carbons (Fsp3) is 0. The number of aromatic amines is 1. The van der Waals surface area contributed by atoms with Crippen molar-refractivity contribution < 1.29 is 9.90 Å². The summed E-state index contributed by atoms with van der Waals surface area (Å²) in [5.74, 6) is -0.376. The molecule has 70 valence electrons. The molecule has 0 aliphatic carbocycles. The van der Waals surface area contributed by atoms with E-state index in [1.54, 1.807) is 12.1 Å². The molecule has 0 aromatic carbocycles. The van der Waals surface area contributed by atoms with Gasteiger partial charge in [0.05, 0.1) is 5.52 Å². The maximum atomic E-state index is 11.2. The molecule has 2 heterocycles. The first kappa shape index (κ1) is 8.43. The molecule has 0 amide bonds. The first-order chi connectivity index (χ1) is 6.74. The molecule has 5 nitrogen and oxygen atoms in total. The Kier molecular flexibility index (Phi) is 1.78. The highest BCUT2D eigenvalue weighted by atomic mass is 16.3. The van der Waals surface area contributed by atoms with Crippen LogP contribution < -0.4 is 5.56 Å². The monoisotopic (exact) mass is 190 g/mol. The van der Waals surface area contributed by atoms with Gasteiger partial charge in [0.25, 0.3) is 5.56 Å². The number of aldehydes is 1. The first-order valence-electron chi connectivity index (χ1n) is 3.89. The molecule has 0 atom stereocenters. The van der Waals surface area contributed by atoms with E-state index >= 15 is 0 Å². The van der Waals surface area contributed by atoms with Crippen LogP contribution >= 0.6 is 0 Å². The number of pyridine rings is 2. The van der Waals surface area contributed by atoms with Crippen molar-refractivity contribution in [2.45, 2.75) is 0 Å². The number of nitrogens with zero attached hydrogens (tertiary/aromatic N) is 1. The third kappa shape index (κ3) is 1.06. The van der Waals surface area contributed by atoms with Crippen molar-refractivity contribution in [1.82, 2.24) is 9.97 Å². The Morgan fingerprint density at radius 1 is 1.50 bits per heavy atom. The van der Waals surface area contributed by atoms with E-state index in [4.69, 9.17) is 0 Å². The van der Waals surface area contributed by atoms with Gasteiger partial charge in [0.15, 0.2) is 12.0 Å². The first-order valence-corrected chi connectivity index (χ1v) is 3.89. The van der Waals surface area contributed by atoms with Crippen LogP contribution in [0.4, 0.5) is 0 Å². The largest absolute Gasteiger partial charge is 0.505 e. The Bertz CT molecular complexity index is 559. The fourth-order valence-electron chi connectivity index (χ4n) is 1.23. The maximum Gasteiger partial charge on any atom is 0.262 e. The van der Waals surface area contributed by atoms with E-state index in [1.165, 1.54) is 6.20 Å². The quantitative estimate of drug-likeness (QED) is 0.639. The van der Waals surface area contributed by atoms with Crippen LogP contribution in [-0.2, 0) is 0 Å². The average molecular weight is 190 g/mol. The number of carbonyl (C=O) groups is 1. The van der Waals surface area contributed by atoms with Crippen LogP contribution in [-0.4, -0.2) is 21.4 Å². The van der Waals surface area contributed by atoms with Gasteiger partial charge in [-0.2, -0.15) is 0 Å². The number of hydrogen-bond donors (Lipinski definition) is 2. The maximum absolute atomic E-state index is 11.2. The topological polar surface area (TPSA) is 83.0 Å². The molecule has 2 rings (SSSR count). The van der Waals surface area contributed by atoms with Gasteiger partial charge in [-0.1, -0.05) is 0 Å². The summed E-state index contributed by atoms with van der Waals surface area (Å²) in [5, 5.41) is 9.52. The highest BCUT2D eigenvalue weighted by molar-refractivity contribution is 5.90. The van der Waals surface area contributed by atoms with Crippen LogP contribution in [0, 0.1) is 0 Å². The summed E-state index contributed by atoms with van der Waals surface area (Å²) in [4.78, 5) is 28.0. The second-order valence-corrected chi connectivity index (χ2v) is 2.73. The van der Waals surface area contributed by atoms with E-state index in [0.29, 0.717) is 11.8 Å². The zero-order valence-electron chi connectivity index (χ0n) is 7.02. The molecule has 0 spiro atoms. The molecule has 2 N–H and O–H groups in total. The molecule has 2 aromatic rings. The lowest BCUT2D eigenvalue weighted by Gasteiger charge is -2.00. The normalized spacial score (nSPS) is 10.3. The minimum atomic E-state index is -0.613. The second kappa shape index (κ2) is 2.95. The van der Waals surface area contributed by atoms with Gasteiger partial charge < -0.3 is 10.1 Å². The molecular formula is C9H6N2O3. The van der Waals surface area contributed by atoms with Gasteiger partial charge in [-0.3, -0.25) is 14.6 Å². The van der Waals surface area contributed by atoms with Crippen molar-refractivity contribution in [3.8, 4) is 5.75 Å². The lowest BCUT2D eigenvalue weighted by molar-refractivity contribution is 0.112. The Morgan fingerprint density at radius 3 is 3.00 bits per heavy atom. The van der Waals surface area contributed by atoms with E-state index in [0.717, 1.165) is 0 Å². The Morgan fingerprint density at radius 2 is 2.29 bits per heavy atom. The van der Waals surface area contributed by atoms with Crippen molar-refractivity contribution in [1.29, 1.82) is 0 Å². The number of rotatable bonds is 1. The molecule has 14 heavy (non-hydrogen) atoms. The van der Waals surface area contributed by atoms with E-state index in [-0.39, 0.29) is 16.8 Å². The molecule has 0 aliphatic heterocycles. The van der Waals surface area contributed by atoms with Crippen LogP contribution in [0.5, 0.6) is 5.75 Å². The molecule has 0 radical (unpaired) electrons. The standard InChI is InChI=1S/C9H6N2O3/c12-4-5-8(13)7-6(11-9(5)14)2-1-3-10-7/h1-4H,(H2,11,13,14). The third-order valence-corrected chi connectivity index (χ3v) is 1.90. The van der Waals surface area contributed by atoms with Crippen LogP contribution in [0.25, 0.3) is 11.0 Å². The minimum Gasteiger partial charge on any atom is -0.505 e. The van der Waals surface area contributed by atoms with E-state index < -0.39 is 5.56 Å². The van der Waals surface area contributed by atoms with E-state index in [1.807, 2.05) is 0 Å². The molecule has 0 unspecified atom stereocenters. The zero-order chi connectivity index (χ0) is 10.1. The molecule has 5 heteroatoms. The van der Waals surface area contributed by atoms with Gasteiger partial charge in [-0.25, -0.2) is 0 Å². The van der Waals surface area contributed by atoms with Gasteiger partial charge in [0.2, 0.25) is 0 Å². The highest BCUT2D eigenvalue weighted by Crippen LogP contribution is 2.20. The summed E-state index contributed by atoms with van der Waals surface area (Å²) in [7, 11) is 0. The molecule has 0 saturated heterocycles. The van der Waals surface area contributed by atoms with Crippen LogP contribution in [0.3, 0.4) is 0 Å². The molecule has 0 saturated carbocycles. The van der Waals surface area contributed by atoms with Crippen molar-refractivity contribution in [2.75, 3.05) is 0 Å². The smallest absolute Gasteiger partial charge is 0.262 e. The Labute approximate surface area is 78.0 Å². The number of carbonyl (C=O) groups excluding carboxylic acids is 1. The molecule has 0 aliphatic rings. The van der Waals surface area contributed by atoms with Crippen LogP contribution in [0.1, 0.15) is 10.4 Å². The zero-order valence-corrected chi connectivity index (χ0v) is 7.02. The van der Waals surface area contributed by atoms with Crippen molar-refractivity contribution in [3.05, 3.63) is 34.2 Å². The summed E-state index contributed by atoms with van der Waals surface area (Å²) in [5.41, 5.74) is -0.288. The predicted molar refractivity (Wildman–Crippen MR) is 49.4 cm³/mol. The Balaban J connectivity index is 3.00. The van der Waals surface area contributed by atoms with Gasteiger partial charge in [-0.15, -0.1) is 0 Å². The lowest BCUT2D eigenvalue weighted by atomic mass is 10.2. The summed E-state index contributed by atoms with van der Waals surface area (Å²) in [6.07, 6.45) is 1.78. The SMILES string of the molecule is O=Cc1c(O)c2ncccc2[nH]c1=O. The van der Waals surface area contributed by atoms with Crippen molar-refractivity contribution in [2.24, 2.45) is 0 Å². The summed E-state index contributed by atoms with van der Waals surface area (Å²) < 4.78 is 0. The van der Waals surface area contributed by atoms with Crippen molar-refractivity contribution >= 4 is 17.3 Å². The molecule has 2 aromatic heterocycles. The second-order valence-electron chi connectivity index (χ2n) is 2.73. The average Bonchev–Trinajstić information content (AvgIpc) is 2.18. The van der Waals surface area contributed by atoms with Gasteiger partial charge in [0.1, 0.15) is 11.1 Å². The molecule has 0 bridgehead atoms. The molecular weight excluding hydrogens is 184 g/mol. The van der Waals surface area contributed by atoms with Crippen LogP contribution in [0.2, 0.25) is 0 Å². The van der Waals surface area contributed by atoms with Gasteiger partial charge in [-0.05, 0) is 12.1 Å². The van der Waals surface area contributed by atoms with Gasteiger partial charge in [0, 0.05) is 6.20 Å². The third-order valence-electron chi connectivity index (χ3n) is 1.90. The van der Waals surface area contributed by atoms with Crippen molar-refractivity contribution in [3.63, 3.8) is 0 Å². The van der Waals surface area contributed by atoms with Crippen LogP contribution in [0.15, 0.2) is 23.1 Å². The highest BCUT2D eigenvalue weighted by Gasteiger charge is 2.10. The molecule has 0 fully saturated rings.